The first kappa shape index (κ1) is 27.7. The number of methoxy groups -OCH3 is 2. The molecular weight excluding hydrogens is 510 g/mol. The molecule has 11 heteroatoms. The Morgan fingerprint density at radius 3 is 2.50 bits per heavy atom. The molecule has 1 saturated heterocycles. The van der Waals surface area contributed by atoms with Crippen molar-refractivity contribution in [3.8, 4) is 17.2 Å². The number of nitrogens with one attached hydrogen (secondary N) is 1. The molecule has 2 aromatic carbocycles. The van der Waals surface area contributed by atoms with E-state index in [1.54, 1.807) is 32.4 Å². The number of hydrogen-bond acceptors (Lipinski definition) is 7. The molecule has 2 aliphatic rings. The van der Waals surface area contributed by atoms with Crippen LogP contribution < -0.4 is 24.4 Å². The molecular formula is C27H35N3O7S. The third-order valence-electron chi connectivity index (χ3n) is 6.85. The van der Waals surface area contributed by atoms with Gasteiger partial charge in [-0.05, 0) is 66.6 Å². The molecule has 0 radical (unpaired) electrons. The van der Waals surface area contributed by atoms with Crippen LogP contribution in [-0.4, -0.2) is 71.5 Å². The van der Waals surface area contributed by atoms with Gasteiger partial charge >= 0.3 is 0 Å². The number of anilines is 1. The molecule has 0 unspecified atom stereocenters. The third kappa shape index (κ3) is 6.05. The molecule has 2 atom stereocenters. The summed E-state index contributed by atoms with van der Waals surface area (Å²) in [7, 11) is -0.617. The Kier molecular flexibility index (Phi) is 8.47. The highest BCUT2D eigenvalue weighted by Gasteiger charge is 2.34. The molecule has 38 heavy (non-hydrogen) atoms. The highest BCUT2D eigenvalue weighted by molar-refractivity contribution is 7.89. The van der Waals surface area contributed by atoms with Crippen molar-refractivity contribution in [2.45, 2.75) is 31.6 Å². The van der Waals surface area contributed by atoms with Gasteiger partial charge < -0.3 is 19.5 Å². The third-order valence-corrected chi connectivity index (χ3v) is 8.68. The molecule has 2 amide bonds. The van der Waals surface area contributed by atoms with Crippen molar-refractivity contribution in [2.24, 2.45) is 11.8 Å². The lowest BCUT2D eigenvalue weighted by molar-refractivity contribution is -0.125. The minimum Gasteiger partial charge on any atom is -0.497 e. The number of carbonyl (C=O) groups excluding carboxylic acids is 2. The summed E-state index contributed by atoms with van der Waals surface area (Å²) in [5, 5.41) is 2.83. The molecule has 2 aliphatic heterocycles. The van der Waals surface area contributed by atoms with Gasteiger partial charge in [-0.2, -0.15) is 4.31 Å². The summed E-state index contributed by atoms with van der Waals surface area (Å²) in [4.78, 5) is 26.9. The zero-order chi connectivity index (χ0) is 27.4. The van der Waals surface area contributed by atoms with Crippen molar-refractivity contribution >= 4 is 27.5 Å². The maximum absolute atomic E-state index is 13.4. The zero-order valence-corrected chi connectivity index (χ0v) is 23.0. The van der Waals surface area contributed by atoms with E-state index in [4.69, 9.17) is 14.2 Å². The summed E-state index contributed by atoms with van der Waals surface area (Å²) in [6.07, 6.45) is 1.47. The van der Waals surface area contributed by atoms with Gasteiger partial charge in [0.15, 0.2) is 6.61 Å². The van der Waals surface area contributed by atoms with Crippen molar-refractivity contribution in [3.05, 3.63) is 42.0 Å². The molecule has 1 N–H and O–H groups in total. The first-order valence-electron chi connectivity index (χ1n) is 12.7. The first-order valence-corrected chi connectivity index (χ1v) is 14.1. The summed E-state index contributed by atoms with van der Waals surface area (Å²) >= 11 is 0. The average molecular weight is 546 g/mol. The molecule has 206 valence electrons. The summed E-state index contributed by atoms with van der Waals surface area (Å²) in [6, 6.07) is 9.91. The normalized spacial score (nSPS) is 19.9. The second-order valence-corrected chi connectivity index (χ2v) is 11.9. The number of nitrogens with zero attached hydrogens (tertiary/aromatic N) is 2. The predicted octanol–water partition coefficient (Wildman–Crippen LogP) is 2.45. The van der Waals surface area contributed by atoms with Crippen LogP contribution in [0, 0.1) is 11.8 Å². The van der Waals surface area contributed by atoms with E-state index in [1.807, 2.05) is 19.9 Å². The van der Waals surface area contributed by atoms with E-state index in [2.05, 4.69) is 5.32 Å². The van der Waals surface area contributed by atoms with Gasteiger partial charge in [0.2, 0.25) is 15.9 Å². The van der Waals surface area contributed by atoms with E-state index in [1.165, 1.54) is 21.3 Å². The smallest absolute Gasteiger partial charge is 0.265 e. The number of fused-ring (bicyclic) bond motifs is 1. The van der Waals surface area contributed by atoms with Gasteiger partial charge in [-0.1, -0.05) is 13.8 Å². The fourth-order valence-electron chi connectivity index (χ4n) is 5.08. The molecule has 0 bridgehead atoms. The number of hydrogen-bond donors (Lipinski definition) is 1. The topological polar surface area (TPSA) is 114 Å². The number of piperidine rings is 1. The van der Waals surface area contributed by atoms with Crippen molar-refractivity contribution in [2.75, 3.05) is 51.9 Å². The predicted molar refractivity (Wildman–Crippen MR) is 142 cm³/mol. The molecule has 10 nitrogen and oxygen atoms in total. The molecule has 2 heterocycles. The second kappa shape index (κ2) is 11.6. The molecule has 0 aromatic heterocycles. The molecule has 1 fully saturated rings. The molecule has 0 spiro atoms. The number of amides is 2. The van der Waals surface area contributed by atoms with Gasteiger partial charge in [0, 0.05) is 19.6 Å². The van der Waals surface area contributed by atoms with E-state index in [-0.39, 0.29) is 41.5 Å². The fraction of sp³-hybridized carbons (Fsp3) is 0.481. The SMILES string of the molecule is COc1ccc(OC)c(CCNC(=O)CN2C(=O)COc3ccc(S(=O)(=O)N4C[C@H](C)C[C@@H](C)C4)cc32)c1. The Bertz CT molecular complexity index is 1290. The lowest BCUT2D eigenvalue weighted by Gasteiger charge is -2.34. The van der Waals surface area contributed by atoms with Crippen LogP contribution in [0.4, 0.5) is 5.69 Å². The van der Waals surface area contributed by atoms with Gasteiger partial charge in [-0.25, -0.2) is 8.42 Å². The van der Waals surface area contributed by atoms with Crippen LogP contribution in [0.3, 0.4) is 0 Å². The number of ether oxygens (including phenoxy) is 3. The lowest BCUT2D eigenvalue weighted by atomic mass is 9.94. The van der Waals surface area contributed by atoms with Crippen molar-refractivity contribution in [3.63, 3.8) is 0 Å². The number of rotatable bonds is 9. The van der Waals surface area contributed by atoms with Crippen LogP contribution in [0.2, 0.25) is 0 Å². The van der Waals surface area contributed by atoms with Crippen LogP contribution in [0.5, 0.6) is 17.2 Å². The summed E-state index contributed by atoms with van der Waals surface area (Å²) in [6.45, 7) is 4.81. The summed E-state index contributed by atoms with van der Waals surface area (Å²) in [5.74, 6) is 1.45. The number of sulfonamides is 1. The van der Waals surface area contributed by atoms with Crippen LogP contribution in [0.15, 0.2) is 41.3 Å². The largest absolute Gasteiger partial charge is 0.497 e. The highest BCUT2D eigenvalue weighted by atomic mass is 32.2. The standard InChI is InChI=1S/C27H35N3O7S/c1-18-11-19(2)15-29(14-18)38(33,34)22-6-8-25-23(13-22)30(27(32)17-37-25)16-26(31)28-10-9-20-12-21(35-3)5-7-24(20)36-4/h5-8,12-13,18-19H,9-11,14-17H2,1-4H3,(H,28,31)/t18-,19-/m1/s1. The van der Waals surface area contributed by atoms with E-state index < -0.39 is 15.9 Å². The Hall–Kier alpha value is -3.31. The van der Waals surface area contributed by atoms with Crippen molar-refractivity contribution in [1.29, 1.82) is 0 Å². The minimum atomic E-state index is -3.77. The summed E-state index contributed by atoms with van der Waals surface area (Å²) < 4.78 is 44.5. The first-order chi connectivity index (χ1) is 18.1. The Morgan fingerprint density at radius 2 is 1.82 bits per heavy atom. The molecule has 2 aromatic rings. The van der Waals surface area contributed by atoms with Crippen LogP contribution >= 0.6 is 0 Å². The van der Waals surface area contributed by atoms with Crippen LogP contribution in [0.1, 0.15) is 25.8 Å². The van der Waals surface area contributed by atoms with E-state index in [0.29, 0.717) is 43.3 Å². The van der Waals surface area contributed by atoms with Crippen LogP contribution in [0.25, 0.3) is 0 Å². The summed E-state index contributed by atoms with van der Waals surface area (Å²) in [5.41, 5.74) is 1.14. The zero-order valence-electron chi connectivity index (χ0n) is 22.2. The van der Waals surface area contributed by atoms with E-state index in [0.717, 1.165) is 12.0 Å². The Balaban J connectivity index is 1.47. The molecule has 0 aliphatic carbocycles. The number of carbonyl (C=O) groups is 2. The second-order valence-electron chi connectivity index (χ2n) is 9.94. The van der Waals surface area contributed by atoms with E-state index in [9.17, 15) is 18.0 Å². The Morgan fingerprint density at radius 1 is 1.08 bits per heavy atom. The van der Waals surface area contributed by atoms with Gasteiger partial charge in [0.1, 0.15) is 23.8 Å². The molecule has 4 rings (SSSR count). The highest BCUT2D eigenvalue weighted by Crippen LogP contribution is 2.36. The van der Waals surface area contributed by atoms with Gasteiger partial charge in [-0.15, -0.1) is 0 Å². The monoisotopic (exact) mass is 545 g/mol. The maximum atomic E-state index is 13.4. The minimum absolute atomic E-state index is 0.0754. The van der Waals surface area contributed by atoms with Gasteiger partial charge in [-0.3, -0.25) is 14.5 Å². The average Bonchev–Trinajstić information content (AvgIpc) is 2.89. The van der Waals surface area contributed by atoms with Crippen molar-refractivity contribution < 1.29 is 32.2 Å². The van der Waals surface area contributed by atoms with Gasteiger partial charge in [0.25, 0.3) is 5.91 Å². The number of benzene rings is 2. The van der Waals surface area contributed by atoms with E-state index >= 15 is 0 Å². The maximum Gasteiger partial charge on any atom is 0.265 e. The molecule has 0 saturated carbocycles. The lowest BCUT2D eigenvalue weighted by Crippen LogP contribution is -2.45. The van der Waals surface area contributed by atoms with Gasteiger partial charge in [0.05, 0.1) is 24.8 Å². The fourth-order valence-corrected chi connectivity index (χ4v) is 6.78. The Labute approximate surface area is 223 Å². The van der Waals surface area contributed by atoms with Crippen LogP contribution in [-0.2, 0) is 26.0 Å². The quantitative estimate of drug-likeness (QED) is 0.515. The van der Waals surface area contributed by atoms with Crippen molar-refractivity contribution in [1.82, 2.24) is 9.62 Å².